The van der Waals surface area contributed by atoms with Crippen molar-refractivity contribution in [2.45, 2.75) is 0 Å². The molecule has 2 nitrogen and oxygen atoms in total. The summed E-state index contributed by atoms with van der Waals surface area (Å²) in [5, 5.41) is 0. The topological polar surface area (TPSA) is 26.3 Å². The third-order valence-corrected chi connectivity index (χ3v) is 2.77. The molecule has 0 saturated heterocycles. The first-order valence-electron chi connectivity index (χ1n) is 6.37. The Morgan fingerprint density at radius 2 is 1.55 bits per heavy atom. The van der Waals surface area contributed by atoms with E-state index in [0.717, 1.165) is 16.9 Å². The van der Waals surface area contributed by atoms with Crippen LogP contribution in [0.1, 0.15) is 11.1 Å². The van der Waals surface area contributed by atoms with E-state index >= 15 is 0 Å². The van der Waals surface area contributed by atoms with Crippen LogP contribution in [0.4, 0.5) is 0 Å². The Balaban J connectivity index is 2.00. The molecule has 0 bridgehead atoms. The van der Waals surface area contributed by atoms with Gasteiger partial charge in [0.2, 0.25) is 0 Å². The van der Waals surface area contributed by atoms with Gasteiger partial charge in [-0.05, 0) is 35.4 Å². The minimum atomic E-state index is -0.0447. The van der Waals surface area contributed by atoms with Gasteiger partial charge in [0.05, 0.1) is 7.11 Å². The van der Waals surface area contributed by atoms with Gasteiger partial charge in [0.25, 0.3) is 0 Å². The molecule has 2 aromatic rings. The molecular weight excluding hydrogens is 248 g/mol. The van der Waals surface area contributed by atoms with Crippen LogP contribution in [0.25, 0.3) is 12.2 Å². The lowest BCUT2D eigenvalue weighted by atomic mass is 10.1. The predicted octanol–water partition coefficient (Wildman–Crippen LogP) is 3.99. The van der Waals surface area contributed by atoms with Crippen molar-refractivity contribution in [2.75, 3.05) is 7.11 Å². The van der Waals surface area contributed by atoms with Crippen LogP contribution in [0, 0.1) is 0 Å². The summed E-state index contributed by atoms with van der Waals surface area (Å²) in [6.45, 7) is 0. The first-order chi connectivity index (χ1) is 9.78. The van der Waals surface area contributed by atoms with Crippen molar-refractivity contribution in [1.29, 1.82) is 0 Å². The molecule has 20 heavy (non-hydrogen) atoms. The van der Waals surface area contributed by atoms with Crippen molar-refractivity contribution in [1.82, 2.24) is 0 Å². The zero-order valence-electron chi connectivity index (χ0n) is 11.3. The summed E-state index contributed by atoms with van der Waals surface area (Å²) in [6.07, 6.45) is 6.69. The highest BCUT2D eigenvalue weighted by atomic mass is 16.5. The lowest BCUT2D eigenvalue weighted by molar-refractivity contribution is -0.110. The standard InChI is InChI=1S/C18H16O2/c1-20-18-9-5-8-16(14-18)11-13-17(19)12-10-15-6-3-2-4-7-15/h2-14H,1H3/b12-10+,13-11+. The van der Waals surface area contributed by atoms with Gasteiger partial charge in [-0.3, -0.25) is 4.79 Å². The van der Waals surface area contributed by atoms with E-state index in [1.54, 1.807) is 31.4 Å². The van der Waals surface area contributed by atoms with Crippen molar-refractivity contribution >= 4 is 17.9 Å². The number of hydrogen-bond donors (Lipinski definition) is 0. The molecule has 0 amide bonds. The first-order valence-corrected chi connectivity index (χ1v) is 6.37. The summed E-state index contributed by atoms with van der Waals surface area (Å²) in [5.41, 5.74) is 1.95. The van der Waals surface area contributed by atoms with Gasteiger partial charge in [-0.15, -0.1) is 0 Å². The van der Waals surface area contributed by atoms with Crippen LogP contribution in [-0.2, 0) is 4.79 Å². The lowest BCUT2D eigenvalue weighted by Gasteiger charge is -1.99. The minimum Gasteiger partial charge on any atom is -0.497 e. The average Bonchev–Trinajstić information content (AvgIpc) is 2.52. The Bertz CT molecular complexity index is 625. The number of benzene rings is 2. The lowest BCUT2D eigenvalue weighted by Crippen LogP contribution is -1.86. The monoisotopic (exact) mass is 264 g/mol. The summed E-state index contributed by atoms with van der Waals surface area (Å²) >= 11 is 0. The Morgan fingerprint density at radius 1 is 0.900 bits per heavy atom. The summed E-state index contributed by atoms with van der Waals surface area (Å²) < 4.78 is 5.13. The highest BCUT2D eigenvalue weighted by molar-refractivity contribution is 6.04. The van der Waals surface area contributed by atoms with Gasteiger partial charge in [0.15, 0.2) is 5.78 Å². The van der Waals surface area contributed by atoms with Gasteiger partial charge >= 0.3 is 0 Å². The molecule has 100 valence electrons. The maximum Gasteiger partial charge on any atom is 0.178 e. The minimum absolute atomic E-state index is 0.0447. The molecule has 0 aliphatic carbocycles. The van der Waals surface area contributed by atoms with Gasteiger partial charge in [0.1, 0.15) is 5.75 Å². The third-order valence-electron chi connectivity index (χ3n) is 2.77. The highest BCUT2D eigenvalue weighted by Crippen LogP contribution is 2.13. The molecule has 0 spiro atoms. The molecule has 0 aliphatic rings. The zero-order valence-corrected chi connectivity index (χ0v) is 11.3. The third kappa shape index (κ3) is 4.25. The number of rotatable bonds is 5. The molecule has 2 aromatic carbocycles. The quantitative estimate of drug-likeness (QED) is 0.763. The van der Waals surface area contributed by atoms with Crippen LogP contribution >= 0.6 is 0 Å². The molecule has 2 rings (SSSR count). The molecule has 0 heterocycles. The number of carbonyl (C=O) groups is 1. The van der Waals surface area contributed by atoms with Gasteiger partial charge in [0, 0.05) is 0 Å². The molecule has 0 saturated carbocycles. The molecule has 0 radical (unpaired) electrons. The van der Waals surface area contributed by atoms with Crippen LogP contribution in [0.15, 0.2) is 66.7 Å². The van der Waals surface area contributed by atoms with Gasteiger partial charge in [-0.2, -0.15) is 0 Å². The number of ketones is 1. The van der Waals surface area contributed by atoms with Crippen molar-refractivity contribution in [3.05, 3.63) is 77.9 Å². The van der Waals surface area contributed by atoms with Gasteiger partial charge in [-0.25, -0.2) is 0 Å². The Labute approximate surface area is 119 Å². The van der Waals surface area contributed by atoms with Gasteiger partial charge in [-0.1, -0.05) is 54.6 Å². The molecule has 0 N–H and O–H groups in total. The van der Waals surface area contributed by atoms with E-state index in [1.807, 2.05) is 54.6 Å². The van der Waals surface area contributed by atoms with E-state index in [4.69, 9.17) is 4.74 Å². The fourth-order valence-corrected chi connectivity index (χ4v) is 1.72. The smallest absolute Gasteiger partial charge is 0.178 e. The van der Waals surface area contributed by atoms with Gasteiger partial charge < -0.3 is 4.74 Å². The van der Waals surface area contributed by atoms with Crippen LogP contribution in [-0.4, -0.2) is 12.9 Å². The highest BCUT2D eigenvalue weighted by Gasteiger charge is 1.93. The number of hydrogen-bond acceptors (Lipinski definition) is 2. The van der Waals surface area contributed by atoms with Crippen LogP contribution in [0.5, 0.6) is 5.75 Å². The Hall–Kier alpha value is -2.61. The predicted molar refractivity (Wildman–Crippen MR) is 82.5 cm³/mol. The van der Waals surface area contributed by atoms with Crippen molar-refractivity contribution in [2.24, 2.45) is 0 Å². The van der Waals surface area contributed by atoms with E-state index in [9.17, 15) is 4.79 Å². The van der Waals surface area contributed by atoms with E-state index in [1.165, 1.54) is 0 Å². The van der Waals surface area contributed by atoms with E-state index < -0.39 is 0 Å². The fourth-order valence-electron chi connectivity index (χ4n) is 1.72. The molecule has 0 fully saturated rings. The zero-order chi connectivity index (χ0) is 14.2. The molecule has 0 atom stereocenters. The second kappa shape index (κ2) is 7.10. The second-order valence-electron chi connectivity index (χ2n) is 4.26. The number of allylic oxidation sites excluding steroid dienone is 2. The fraction of sp³-hybridized carbons (Fsp3) is 0.0556. The van der Waals surface area contributed by atoms with E-state index in [0.29, 0.717) is 0 Å². The molecule has 0 aromatic heterocycles. The second-order valence-corrected chi connectivity index (χ2v) is 4.26. The Kier molecular flexibility index (Phi) is 4.90. The summed E-state index contributed by atoms with van der Waals surface area (Å²) in [5.74, 6) is 0.732. The average molecular weight is 264 g/mol. The summed E-state index contributed by atoms with van der Waals surface area (Å²) in [7, 11) is 1.62. The molecule has 2 heteroatoms. The van der Waals surface area contributed by atoms with E-state index in [2.05, 4.69) is 0 Å². The van der Waals surface area contributed by atoms with Crippen molar-refractivity contribution < 1.29 is 9.53 Å². The number of carbonyl (C=O) groups excluding carboxylic acids is 1. The van der Waals surface area contributed by atoms with E-state index in [-0.39, 0.29) is 5.78 Å². The number of ether oxygens (including phenoxy) is 1. The van der Waals surface area contributed by atoms with Crippen LogP contribution in [0.3, 0.4) is 0 Å². The number of methoxy groups -OCH3 is 1. The van der Waals surface area contributed by atoms with Crippen LogP contribution < -0.4 is 4.74 Å². The van der Waals surface area contributed by atoms with Crippen molar-refractivity contribution in [3.8, 4) is 5.75 Å². The Morgan fingerprint density at radius 3 is 2.25 bits per heavy atom. The summed E-state index contributed by atoms with van der Waals surface area (Å²) in [6, 6.07) is 17.3. The SMILES string of the molecule is COc1cccc(/C=C/C(=O)/C=C/c2ccccc2)c1. The normalized spacial score (nSPS) is 11.1. The maximum absolute atomic E-state index is 11.7. The first kappa shape index (κ1) is 13.8. The largest absolute Gasteiger partial charge is 0.497 e. The maximum atomic E-state index is 11.7. The molecule has 0 aliphatic heterocycles. The van der Waals surface area contributed by atoms with Crippen LogP contribution in [0.2, 0.25) is 0 Å². The molecular formula is C18H16O2. The summed E-state index contributed by atoms with van der Waals surface area (Å²) in [4.78, 5) is 11.7. The van der Waals surface area contributed by atoms with Crippen molar-refractivity contribution in [3.63, 3.8) is 0 Å². The molecule has 0 unspecified atom stereocenters.